The maximum absolute atomic E-state index is 12.3. The van der Waals surface area contributed by atoms with Crippen molar-refractivity contribution in [1.82, 2.24) is 14.8 Å². The molecule has 1 aliphatic carbocycles. The highest BCUT2D eigenvalue weighted by Gasteiger charge is 2.44. The molecule has 23 heavy (non-hydrogen) atoms. The van der Waals surface area contributed by atoms with Crippen LogP contribution in [0.3, 0.4) is 0 Å². The zero-order chi connectivity index (χ0) is 16.0. The van der Waals surface area contributed by atoms with Gasteiger partial charge >= 0.3 is 6.03 Å². The van der Waals surface area contributed by atoms with E-state index in [1.807, 2.05) is 12.1 Å². The average Bonchev–Trinajstić information content (AvgIpc) is 3.20. The first kappa shape index (κ1) is 14.3. The van der Waals surface area contributed by atoms with Gasteiger partial charge in [-0.25, -0.2) is 9.78 Å². The summed E-state index contributed by atoms with van der Waals surface area (Å²) in [6.07, 6.45) is 3.53. The van der Waals surface area contributed by atoms with Crippen molar-refractivity contribution in [2.75, 3.05) is 6.54 Å². The Morgan fingerprint density at radius 3 is 2.87 bits per heavy atom. The van der Waals surface area contributed by atoms with Crippen LogP contribution in [-0.4, -0.2) is 39.3 Å². The van der Waals surface area contributed by atoms with E-state index >= 15 is 0 Å². The van der Waals surface area contributed by atoms with Gasteiger partial charge in [0.1, 0.15) is 13.1 Å². The maximum Gasteiger partial charge on any atom is 0.327 e. The van der Waals surface area contributed by atoms with Crippen LogP contribution in [0.25, 0.3) is 11.3 Å². The third kappa shape index (κ3) is 2.70. The number of carbonyl (C=O) groups excluding carboxylic acids is 2. The monoisotopic (exact) mass is 331 g/mol. The zero-order valence-electron chi connectivity index (χ0n) is 12.2. The van der Waals surface area contributed by atoms with Gasteiger partial charge in [-0.1, -0.05) is 23.7 Å². The van der Waals surface area contributed by atoms with E-state index in [9.17, 15) is 9.59 Å². The standard InChI is InChI=1S/C16H14ClN3O3/c17-11-3-1-2-10(6-11)13-7-18-14(23-13)8-20-15(21)9-19(16(20)22)12-4-5-12/h1-3,6-7,12H,4-5,8-9H2. The molecule has 0 atom stereocenters. The lowest BCUT2D eigenvalue weighted by molar-refractivity contribution is -0.126. The molecule has 2 heterocycles. The van der Waals surface area contributed by atoms with Gasteiger partial charge in [-0.2, -0.15) is 0 Å². The first-order valence-corrected chi connectivity index (χ1v) is 7.81. The van der Waals surface area contributed by atoms with Crippen LogP contribution in [0.15, 0.2) is 34.9 Å². The van der Waals surface area contributed by atoms with Crippen molar-refractivity contribution in [3.8, 4) is 11.3 Å². The smallest absolute Gasteiger partial charge is 0.327 e. The number of rotatable bonds is 4. The molecule has 0 radical (unpaired) electrons. The van der Waals surface area contributed by atoms with Crippen molar-refractivity contribution in [3.05, 3.63) is 41.4 Å². The van der Waals surface area contributed by atoms with Gasteiger partial charge in [-0.3, -0.25) is 9.69 Å². The van der Waals surface area contributed by atoms with Crippen LogP contribution in [0.4, 0.5) is 4.79 Å². The summed E-state index contributed by atoms with van der Waals surface area (Å²) < 4.78 is 5.66. The number of carbonyl (C=O) groups is 2. The van der Waals surface area contributed by atoms with E-state index in [0.29, 0.717) is 16.7 Å². The Morgan fingerprint density at radius 2 is 2.13 bits per heavy atom. The van der Waals surface area contributed by atoms with Gasteiger partial charge in [0.05, 0.1) is 6.20 Å². The Bertz CT molecular complexity index is 784. The van der Waals surface area contributed by atoms with E-state index in [4.69, 9.17) is 16.0 Å². The minimum atomic E-state index is -0.250. The third-order valence-corrected chi connectivity index (χ3v) is 4.26. The van der Waals surface area contributed by atoms with Crippen LogP contribution in [-0.2, 0) is 11.3 Å². The second-order valence-corrected chi connectivity index (χ2v) is 6.19. The molecule has 6 nitrogen and oxygen atoms in total. The molecular weight excluding hydrogens is 318 g/mol. The Balaban J connectivity index is 1.51. The number of amides is 3. The Morgan fingerprint density at radius 1 is 1.30 bits per heavy atom. The number of urea groups is 1. The molecule has 0 N–H and O–H groups in total. The molecule has 2 fully saturated rings. The first-order chi connectivity index (χ1) is 11.1. The molecular formula is C16H14ClN3O3. The molecule has 2 aliphatic rings. The van der Waals surface area contributed by atoms with Gasteiger partial charge in [0, 0.05) is 16.6 Å². The molecule has 1 aliphatic heterocycles. The molecule has 1 aromatic carbocycles. The summed E-state index contributed by atoms with van der Waals surface area (Å²) in [6, 6.07) is 7.20. The number of hydrogen-bond acceptors (Lipinski definition) is 4. The fourth-order valence-corrected chi connectivity index (χ4v) is 2.87. The second-order valence-electron chi connectivity index (χ2n) is 5.75. The van der Waals surface area contributed by atoms with Crippen LogP contribution in [0.5, 0.6) is 0 Å². The molecule has 7 heteroatoms. The zero-order valence-corrected chi connectivity index (χ0v) is 13.0. The normalized spacial score (nSPS) is 18.1. The van der Waals surface area contributed by atoms with Crippen molar-refractivity contribution >= 4 is 23.5 Å². The number of oxazole rings is 1. The van der Waals surface area contributed by atoms with E-state index in [1.54, 1.807) is 23.2 Å². The lowest BCUT2D eigenvalue weighted by atomic mass is 10.2. The summed E-state index contributed by atoms with van der Waals surface area (Å²) in [4.78, 5) is 31.3. The van der Waals surface area contributed by atoms with E-state index in [-0.39, 0.29) is 31.1 Å². The first-order valence-electron chi connectivity index (χ1n) is 7.43. The van der Waals surface area contributed by atoms with Crippen molar-refractivity contribution in [2.45, 2.75) is 25.4 Å². The van der Waals surface area contributed by atoms with E-state index < -0.39 is 0 Å². The topological polar surface area (TPSA) is 66.7 Å². The minimum Gasteiger partial charge on any atom is -0.439 e. The number of aromatic nitrogens is 1. The Kier molecular flexibility index (Phi) is 3.34. The molecule has 1 saturated heterocycles. The number of imide groups is 1. The molecule has 0 unspecified atom stereocenters. The molecule has 2 aromatic rings. The van der Waals surface area contributed by atoms with Gasteiger partial charge in [0.15, 0.2) is 5.76 Å². The molecule has 4 rings (SSSR count). The lowest BCUT2D eigenvalue weighted by Gasteiger charge is -2.14. The third-order valence-electron chi connectivity index (χ3n) is 4.03. The quantitative estimate of drug-likeness (QED) is 0.808. The number of hydrogen-bond donors (Lipinski definition) is 0. The summed E-state index contributed by atoms with van der Waals surface area (Å²) in [5, 5.41) is 0.602. The highest BCUT2D eigenvalue weighted by atomic mass is 35.5. The predicted octanol–water partition coefficient (Wildman–Crippen LogP) is 2.92. The minimum absolute atomic E-state index is 0.0570. The van der Waals surface area contributed by atoms with Crippen molar-refractivity contribution in [1.29, 1.82) is 0 Å². The number of nitrogens with zero attached hydrogens (tertiary/aromatic N) is 3. The molecule has 1 aromatic heterocycles. The van der Waals surface area contributed by atoms with Gasteiger partial charge < -0.3 is 9.32 Å². The lowest BCUT2D eigenvalue weighted by Crippen LogP contribution is -2.33. The SMILES string of the molecule is O=C1CN(C2CC2)C(=O)N1Cc1ncc(-c2cccc(Cl)c2)o1. The number of benzene rings is 1. The Labute approximate surface area is 137 Å². The molecule has 3 amide bonds. The summed E-state index contributed by atoms with van der Waals surface area (Å²) in [7, 11) is 0. The molecule has 0 spiro atoms. The van der Waals surface area contributed by atoms with Crippen LogP contribution in [0.1, 0.15) is 18.7 Å². The molecule has 0 bridgehead atoms. The number of halogens is 1. The largest absolute Gasteiger partial charge is 0.439 e. The van der Waals surface area contributed by atoms with Gasteiger partial charge in [-0.15, -0.1) is 0 Å². The van der Waals surface area contributed by atoms with Crippen LogP contribution >= 0.6 is 11.6 Å². The van der Waals surface area contributed by atoms with Crippen molar-refractivity contribution in [2.24, 2.45) is 0 Å². The summed E-state index contributed by atoms with van der Waals surface area (Å²) in [5.41, 5.74) is 0.801. The van der Waals surface area contributed by atoms with Crippen molar-refractivity contribution < 1.29 is 14.0 Å². The van der Waals surface area contributed by atoms with Crippen LogP contribution in [0.2, 0.25) is 5.02 Å². The van der Waals surface area contributed by atoms with Gasteiger partial charge in [0.2, 0.25) is 5.89 Å². The van der Waals surface area contributed by atoms with Gasteiger partial charge in [0.25, 0.3) is 5.91 Å². The maximum atomic E-state index is 12.3. The fourth-order valence-electron chi connectivity index (χ4n) is 2.68. The highest BCUT2D eigenvalue weighted by molar-refractivity contribution is 6.30. The highest BCUT2D eigenvalue weighted by Crippen LogP contribution is 2.31. The summed E-state index contributed by atoms with van der Waals surface area (Å²) in [6.45, 7) is 0.215. The summed E-state index contributed by atoms with van der Waals surface area (Å²) in [5.74, 6) is 0.685. The van der Waals surface area contributed by atoms with Crippen LogP contribution in [0, 0.1) is 0 Å². The molecule has 1 saturated carbocycles. The van der Waals surface area contributed by atoms with E-state index in [1.165, 1.54) is 4.90 Å². The predicted molar refractivity (Wildman–Crippen MR) is 82.6 cm³/mol. The molecule has 118 valence electrons. The van der Waals surface area contributed by atoms with Crippen LogP contribution < -0.4 is 0 Å². The van der Waals surface area contributed by atoms with Crippen molar-refractivity contribution in [3.63, 3.8) is 0 Å². The second kappa shape index (κ2) is 5.38. The Hall–Kier alpha value is -2.34. The fraction of sp³-hybridized carbons (Fsp3) is 0.312. The van der Waals surface area contributed by atoms with Gasteiger partial charge in [-0.05, 0) is 25.0 Å². The van der Waals surface area contributed by atoms with E-state index in [0.717, 1.165) is 18.4 Å². The summed E-state index contributed by atoms with van der Waals surface area (Å²) >= 11 is 5.96. The average molecular weight is 332 g/mol. The van der Waals surface area contributed by atoms with E-state index in [2.05, 4.69) is 4.98 Å².